The highest BCUT2D eigenvalue weighted by atomic mass is 19.3. The maximum absolute atomic E-state index is 14.2. The summed E-state index contributed by atoms with van der Waals surface area (Å²) >= 11 is 0. The molecular weight excluding hydrogens is 304 g/mol. The number of aliphatic carboxylic acids is 1. The first kappa shape index (κ1) is 17.1. The van der Waals surface area contributed by atoms with Crippen LogP contribution in [0.25, 0.3) is 0 Å². The van der Waals surface area contributed by atoms with Crippen molar-refractivity contribution in [2.75, 3.05) is 6.61 Å². The van der Waals surface area contributed by atoms with Crippen LogP contribution >= 0.6 is 0 Å². The molecule has 0 aliphatic rings. The Morgan fingerprint density at radius 2 is 1.48 bits per heavy atom. The number of benzene rings is 2. The van der Waals surface area contributed by atoms with Crippen LogP contribution in [0.4, 0.5) is 8.78 Å². The number of alkyl halides is 2. The van der Waals surface area contributed by atoms with E-state index in [1.54, 1.807) is 48.5 Å². The van der Waals surface area contributed by atoms with Crippen LogP contribution in [0, 0.1) is 0 Å². The van der Waals surface area contributed by atoms with Crippen LogP contribution < -0.4 is 5.32 Å². The van der Waals surface area contributed by atoms with E-state index < -0.39 is 30.6 Å². The van der Waals surface area contributed by atoms with Gasteiger partial charge in [0.25, 0.3) is 0 Å². The summed E-state index contributed by atoms with van der Waals surface area (Å²) in [6.45, 7) is -0.441. The number of rotatable bonds is 7. The van der Waals surface area contributed by atoms with Gasteiger partial charge in [-0.25, -0.2) is 4.79 Å². The molecule has 4 nitrogen and oxygen atoms in total. The van der Waals surface area contributed by atoms with Crippen molar-refractivity contribution < 1.29 is 23.8 Å². The predicted molar refractivity (Wildman–Crippen MR) is 81.2 cm³/mol. The van der Waals surface area contributed by atoms with Gasteiger partial charge in [0.2, 0.25) is 0 Å². The van der Waals surface area contributed by atoms with Gasteiger partial charge >= 0.3 is 11.9 Å². The van der Waals surface area contributed by atoms with Crippen LogP contribution in [0.5, 0.6) is 0 Å². The standard InChI is InChI=1S/C17H17F2NO3/c18-17(19,16(22)23)15(13-9-5-2-6-10-13)20-14(11-21)12-7-3-1-4-8-12/h1-10,14-15,20-21H,11H2,(H,22,23)/t14-,15-/m0/s1. The van der Waals surface area contributed by atoms with Crippen molar-refractivity contribution in [1.82, 2.24) is 5.32 Å². The summed E-state index contributed by atoms with van der Waals surface area (Å²) in [5.41, 5.74) is 0.728. The lowest BCUT2D eigenvalue weighted by Crippen LogP contribution is -2.45. The molecule has 0 radical (unpaired) electrons. The average molecular weight is 321 g/mol. The summed E-state index contributed by atoms with van der Waals surface area (Å²) in [7, 11) is 0. The second kappa shape index (κ2) is 7.30. The number of carbonyl (C=O) groups is 1. The molecule has 0 spiro atoms. The summed E-state index contributed by atoms with van der Waals surface area (Å²) in [6, 6.07) is 13.6. The van der Waals surface area contributed by atoms with Gasteiger partial charge in [-0.1, -0.05) is 60.7 Å². The van der Waals surface area contributed by atoms with Gasteiger partial charge in [-0.15, -0.1) is 0 Å². The first-order valence-corrected chi connectivity index (χ1v) is 7.04. The molecule has 0 aromatic heterocycles. The van der Waals surface area contributed by atoms with E-state index in [0.717, 1.165) is 0 Å². The highest BCUT2D eigenvalue weighted by Gasteiger charge is 2.49. The molecule has 6 heteroatoms. The smallest absolute Gasteiger partial charge is 0.376 e. The van der Waals surface area contributed by atoms with Crippen molar-refractivity contribution in [3.63, 3.8) is 0 Å². The molecule has 2 aromatic rings. The van der Waals surface area contributed by atoms with Crippen molar-refractivity contribution in [2.45, 2.75) is 18.0 Å². The molecule has 0 saturated heterocycles. The Labute approximate surface area is 132 Å². The van der Waals surface area contributed by atoms with E-state index in [1.165, 1.54) is 12.1 Å². The fraction of sp³-hybridized carbons (Fsp3) is 0.235. The minimum absolute atomic E-state index is 0.134. The van der Waals surface area contributed by atoms with E-state index in [0.29, 0.717) is 5.56 Å². The predicted octanol–water partition coefficient (Wildman–Crippen LogP) is 2.77. The minimum Gasteiger partial charge on any atom is -0.477 e. The topological polar surface area (TPSA) is 69.6 Å². The molecule has 0 saturated carbocycles. The third kappa shape index (κ3) is 3.91. The molecule has 2 rings (SSSR count). The van der Waals surface area contributed by atoms with Crippen molar-refractivity contribution in [2.24, 2.45) is 0 Å². The number of halogens is 2. The minimum atomic E-state index is -4.02. The maximum Gasteiger partial charge on any atom is 0.376 e. The third-order valence-corrected chi connectivity index (χ3v) is 3.53. The second-order valence-corrected chi connectivity index (χ2v) is 5.08. The largest absolute Gasteiger partial charge is 0.477 e. The van der Waals surface area contributed by atoms with Gasteiger partial charge in [-0.3, -0.25) is 5.32 Å². The highest BCUT2D eigenvalue weighted by Crippen LogP contribution is 2.34. The van der Waals surface area contributed by atoms with Gasteiger partial charge < -0.3 is 10.2 Å². The summed E-state index contributed by atoms with van der Waals surface area (Å²) in [6.07, 6.45) is 0. The van der Waals surface area contributed by atoms with Crippen LogP contribution in [0.1, 0.15) is 23.2 Å². The normalized spacial score (nSPS) is 14.2. The number of hydrogen-bond donors (Lipinski definition) is 3. The monoisotopic (exact) mass is 321 g/mol. The van der Waals surface area contributed by atoms with Crippen molar-refractivity contribution >= 4 is 5.97 Å². The molecule has 23 heavy (non-hydrogen) atoms. The fourth-order valence-electron chi connectivity index (χ4n) is 2.32. The van der Waals surface area contributed by atoms with Crippen LogP contribution in [-0.4, -0.2) is 28.7 Å². The van der Waals surface area contributed by atoms with Gasteiger partial charge in [-0.2, -0.15) is 8.78 Å². The Morgan fingerprint density at radius 3 is 1.91 bits per heavy atom. The molecule has 122 valence electrons. The SMILES string of the molecule is O=C(O)C(F)(F)[C@@H](N[C@@H](CO)c1ccccc1)c1ccccc1. The molecule has 0 fully saturated rings. The quantitative estimate of drug-likeness (QED) is 0.733. The molecule has 2 atom stereocenters. The summed E-state index contributed by atoms with van der Waals surface area (Å²) in [5.74, 6) is -6.24. The summed E-state index contributed by atoms with van der Waals surface area (Å²) < 4.78 is 28.3. The number of aliphatic hydroxyl groups is 1. The number of carboxylic acid groups (broad SMARTS) is 1. The van der Waals surface area contributed by atoms with Gasteiger partial charge in [0.05, 0.1) is 12.6 Å². The molecular formula is C17H17F2NO3. The van der Waals surface area contributed by atoms with Gasteiger partial charge in [-0.05, 0) is 11.1 Å². The number of carboxylic acids is 1. The molecule has 3 N–H and O–H groups in total. The Morgan fingerprint density at radius 1 is 1.00 bits per heavy atom. The zero-order valence-corrected chi connectivity index (χ0v) is 12.2. The van der Waals surface area contributed by atoms with Crippen LogP contribution in [0.15, 0.2) is 60.7 Å². The third-order valence-electron chi connectivity index (χ3n) is 3.53. The molecule has 0 aliphatic carbocycles. The first-order valence-electron chi connectivity index (χ1n) is 7.04. The molecule has 0 heterocycles. The van der Waals surface area contributed by atoms with E-state index in [4.69, 9.17) is 5.11 Å². The van der Waals surface area contributed by atoms with Crippen LogP contribution in [0.3, 0.4) is 0 Å². The van der Waals surface area contributed by atoms with Crippen molar-refractivity contribution in [3.05, 3.63) is 71.8 Å². The second-order valence-electron chi connectivity index (χ2n) is 5.08. The molecule has 0 unspecified atom stereocenters. The van der Waals surface area contributed by atoms with Gasteiger partial charge in [0.15, 0.2) is 0 Å². The molecule has 2 aromatic carbocycles. The lowest BCUT2D eigenvalue weighted by Gasteiger charge is -2.29. The van der Waals surface area contributed by atoms with Crippen molar-refractivity contribution in [1.29, 1.82) is 0 Å². The number of hydrogen-bond acceptors (Lipinski definition) is 3. The zero-order valence-electron chi connectivity index (χ0n) is 12.2. The number of nitrogens with one attached hydrogen (secondary N) is 1. The Bertz CT molecular complexity index is 635. The van der Waals surface area contributed by atoms with Gasteiger partial charge in [0, 0.05) is 0 Å². The fourth-order valence-corrected chi connectivity index (χ4v) is 2.32. The summed E-state index contributed by atoms with van der Waals surface area (Å²) in [5, 5.41) is 21.0. The van der Waals surface area contributed by atoms with E-state index >= 15 is 0 Å². The van der Waals surface area contributed by atoms with Gasteiger partial charge in [0.1, 0.15) is 6.04 Å². The molecule has 0 amide bonds. The van der Waals surface area contributed by atoms with Crippen LogP contribution in [-0.2, 0) is 4.79 Å². The van der Waals surface area contributed by atoms with E-state index in [1.807, 2.05) is 0 Å². The molecule has 0 aliphatic heterocycles. The van der Waals surface area contributed by atoms with E-state index in [-0.39, 0.29) is 5.56 Å². The van der Waals surface area contributed by atoms with Crippen LogP contribution in [0.2, 0.25) is 0 Å². The van der Waals surface area contributed by atoms with E-state index in [9.17, 15) is 18.7 Å². The number of aliphatic hydroxyl groups excluding tert-OH is 1. The summed E-state index contributed by atoms with van der Waals surface area (Å²) in [4.78, 5) is 11.0. The Kier molecular flexibility index (Phi) is 5.41. The first-order chi connectivity index (χ1) is 11.0. The lowest BCUT2D eigenvalue weighted by atomic mass is 9.97. The Balaban J connectivity index is 2.36. The maximum atomic E-state index is 14.2. The van der Waals surface area contributed by atoms with Crippen molar-refractivity contribution in [3.8, 4) is 0 Å². The Hall–Kier alpha value is -2.31. The lowest BCUT2D eigenvalue weighted by molar-refractivity contribution is -0.170. The highest BCUT2D eigenvalue weighted by molar-refractivity contribution is 5.76. The molecule has 0 bridgehead atoms. The zero-order chi connectivity index (χ0) is 16.9. The average Bonchev–Trinajstić information content (AvgIpc) is 2.57. The van der Waals surface area contributed by atoms with E-state index in [2.05, 4.69) is 5.32 Å².